The minimum absolute atomic E-state index is 0.0809. The van der Waals surface area contributed by atoms with Crippen LogP contribution in [-0.2, 0) is 28.9 Å². The number of imidazole rings is 1. The lowest BCUT2D eigenvalue weighted by molar-refractivity contribution is -0.181. The Morgan fingerprint density at radius 1 is 1.25 bits per heavy atom. The molecule has 0 saturated heterocycles. The van der Waals surface area contributed by atoms with Crippen molar-refractivity contribution in [1.82, 2.24) is 14.5 Å². The second-order valence-corrected chi connectivity index (χ2v) is 10.6. The van der Waals surface area contributed by atoms with Crippen molar-refractivity contribution in [2.45, 2.75) is 70.4 Å². The summed E-state index contributed by atoms with van der Waals surface area (Å²) in [5.41, 5.74) is 5.43. The zero-order valence-corrected chi connectivity index (χ0v) is 21.6. The third kappa shape index (κ3) is 4.77. The van der Waals surface area contributed by atoms with E-state index in [2.05, 4.69) is 29.7 Å². The van der Waals surface area contributed by atoms with Gasteiger partial charge in [0.25, 0.3) is 0 Å². The van der Waals surface area contributed by atoms with Crippen molar-refractivity contribution in [3.05, 3.63) is 63.9 Å². The lowest BCUT2D eigenvalue weighted by Crippen LogP contribution is -2.40. The van der Waals surface area contributed by atoms with E-state index in [4.69, 9.17) is 21.3 Å². The van der Waals surface area contributed by atoms with E-state index in [9.17, 15) is 15.0 Å². The Bertz CT molecular complexity index is 1260. The van der Waals surface area contributed by atoms with Crippen LogP contribution in [0, 0.1) is 5.92 Å². The molecule has 2 N–H and O–H groups in total. The fourth-order valence-electron chi connectivity index (χ4n) is 6.04. The number of carbonyl (C=O) groups is 1. The molecule has 0 spiro atoms. The van der Waals surface area contributed by atoms with Crippen molar-refractivity contribution in [2.24, 2.45) is 5.92 Å². The number of aliphatic hydroxyl groups excluding tert-OH is 1. The lowest BCUT2D eigenvalue weighted by Gasteiger charge is -2.31. The topological polar surface area (TPSA) is 87.8 Å². The molecule has 1 aliphatic carbocycles. The van der Waals surface area contributed by atoms with Crippen molar-refractivity contribution in [3.8, 4) is 0 Å². The summed E-state index contributed by atoms with van der Waals surface area (Å²) in [4.78, 5) is 19.0. The van der Waals surface area contributed by atoms with E-state index >= 15 is 0 Å². The number of hydrogen-bond donors (Lipinski definition) is 2. The van der Waals surface area contributed by atoms with E-state index in [0.717, 1.165) is 65.1 Å². The minimum Gasteiger partial charge on any atom is -0.481 e. The van der Waals surface area contributed by atoms with Crippen LogP contribution in [0.25, 0.3) is 11.0 Å². The Morgan fingerprint density at radius 2 is 2.06 bits per heavy atom. The van der Waals surface area contributed by atoms with Gasteiger partial charge in [-0.15, -0.1) is 0 Å². The number of halogens is 1. The van der Waals surface area contributed by atoms with E-state index in [0.29, 0.717) is 19.5 Å². The molecule has 3 aromatic rings. The van der Waals surface area contributed by atoms with Crippen LogP contribution in [0.5, 0.6) is 0 Å². The molecule has 2 heterocycles. The summed E-state index contributed by atoms with van der Waals surface area (Å²) in [7, 11) is 1.51. The summed E-state index contributed by atoms with van der Waals surface area (Å²) >= 11 is 6.51. The summed E-state index contributed by atoms with van der Waals surface area (Å²) in [6, 6.07) is 12.3. The van der Waals surface area contributed by atoms with Gasteiger partial charge >= 0.3 is 5.97 Å². The highest BCUT2D eigenvalue weighted by molar-refractivity contribution is 6.31. The molecule has 192 valence electrons. The molecule has 7 nitrogen and oxygen atoms in total. The van der Waals surface area contributed by atoms with E-state index in [1.807, 2.05) is 23.1 Å². The summed E-state index contributed by atoms with van der Waals surface area (Å²) in [6.45, 7) is 3.46. The first-order chi connectivity index (χ1) is 17.4. The van der Waals surface area contributed by atoms with Gasteiger partial charge < -0.3 is 19.5 Å². The third-order valence-electron chi connectivity index (χ3n) is 7.95. The Morgan fingerprint density at radius 3 is 2.81 bits per heavy atom. The summed E-state index contributed by atoms with van der Waals surface area (Å²) in [5, 5.41) is 20.8. The van der Waals surface area contributed by atoms with Gasteiger partial charge in [-0.05, 0) is 67.9 Å². The number of aliphatic hydroxyl groups is 1. The van der Waals surface area contributed by atoms with Crippen LogP contribution in [0.2, 0.25) is 5.02 Å². The molecule has 0 radical (unpaired) electrons. The lowest BCUT2D eigenvalue weighted by atomic mass is 9.81. The molecule has 36 heavy (non-hydrogen) atoms. The first-order valence-electron chi connectivity index (χ1n) is 12.8. The number of carboxylic acids is 1. The van der Waals surface area contributed by atoms with Gasteiger partial charge in [-0.2, -0.15) is 0 Å². The maximum atomic E-state index is 11.8. The SMILES string of the molecule is COC(O)N1CCc2ccc3c(nc([C@H]4CCC[C@H](C(=O)O)C4)n3[C@H](C)Cc3ccccc3Cl)c2C1. The maximum Gasteiger partial charge on any atom is 0.306 e. The van der Waals surface area contributed by atoms with Crippen LogP contribution < -0.4 is 0 Å². The molecule has 1 unspecified atom stereocenters. The Hall–Kier alpha value is -2.45. The predicted octanol–water partition coefficient (Wildman–Crippen LogP) is 5.13. The van der Waals surface area contributed by atoms with Gasteiger partial charge in [0.05, 0.1) is 17.0 Å². The molecule has 2 aliphatic rings. The molecule has 4 atom stereocenters. The molecule has 8 heteroatoms. The second kappa shape index (κ2) is 10.5. The first kappa shape index (κ1) is 25.2. The molecule has 5 rings (SSSR count). The van der Waals surface area contributed by atoms with Crippen molar-refractivity contribution in [1.29, 1.82) is 0 Å². The Labute approximate surface area is 216 Å². The number of aliphatic carboxylic acids is 1. The normalized spacial score (nSPS) is 22.3. The average molecular weight is 512 g/mol. The number of carboxylic acid groups (broad SMARTS) is 1. The van der Waals surface area contributed by atoms with Crippen molar-refractivity contribution < 1.29 is 19.7 Å². The van der Waals surface area contributed by atoms with Gasteiger partial charge in [-0.3, -0.25) is 9.69 Å². The molecular formula is C28H34ClN3O4. The number of benzene rings is 2. The number of ether oxygens (including phenoxy) is 1. The Kier molecular flexibility index (Phi) is 7.35. The van der Waals surface area contributed by atoms with Gasteiger partial charge in [0.2, 0.25) is 6.41 Å². The molecule has 0 bridgehead atoms. The van der Waals surface area contributed by atoms with E-state index in [1.54, 1.807) is 0 Å². The molecule has 1 aromatic heterocycles. The number of hydrogen-bond acceptors (Lipinski definition) is 5. The fourth-order valence-corrected chi connectivity index (χ4v) is 6.26. The molecular weight excluding hydrogens is 478 g/mol. The monoisotopic (exact) mass is 511 g/mol. The van der Waals surface area contributed by atoms with Crippen molar-refractivity contribution >= 4 is 28.6 Å². The Balaban J connectivity index is 1.60. The summed E-state index contributed by atoms with van der Waals surface area (Å²) in [5.74, 6) is -0.000588. The highest BCUT2D eigenvalue weighted by atomic mass is 35.5. The fraction of sp³-hybridized carbons (Fsp3) is 0.500. The highest BCUT2D eigenvalue weighted by Crippen LogP contribution is 2.40. The molecule has 1 saturated carbocycles. The maximum absolute atomic E-state index is 11.8. The summed E-state index contributed by atoms with van der Waals surface area (Å²) < 4.78 is 7.50. The smallest absolute Gasteiger partial charge is 0.306 e. The number of aromatic nitrogens is 2. The van der Waals surface area contributed by atoms with Gasteiger partial charge in [0, 0.05) is 37.2 Å². The van der Waals surface area contributed by atoms with Gasteiger partial charge in [-0.1, -0.05) is 42.3 Å². The number of fused-ring (bicyclic) bond motifs is 3. The average Bonchev–Trinajstić information content (AvgIpc) is 3.29. The number of rotatable bonds is 7. The van der Waals surface area contributed by atoms with Crippen LogP contribution in [0.1, 0.15) is 67.1 Å². The third-order valence-corrected chi connectivity index (χ3v) is 8.32. The van der Waals surface area contributed by atoms with Gasteiger partial charge in [0.1, 0.15) is 5.82 Å². The van der Waals surface area contributed by atoms with Gasteiger partial charge in [-0.25, -0.2) is 4.98 Å². The van der Waals surface area contributed by atoms with Crippen LogP contribution >= 0.6 is 11.6 Å². The molecule has 1 aliphatic heterocycles. The quantitative estimate of drug-likeness (QED) is 0.427. The van der Waals surface area contributed by atoms with Crippen LogP contribution in [-0.4, -0.2) is 50.7 Å². The standard InChI is InChI=1S/C28H34ClN3O4/c1-17(14-19-6-3-4-9-23(19)29)32-24-11-10-18-12-13-31(28(35)36-2)16-22(18)25(24)30-26(32)20-7-5-8-21(15-20)27(33)34/h3-4,6,9-11,17,20-21,28,35H,5,7-8,12-16H2,1-2H3,(H,33,34)/t17-,20+,21+,28?/m1/s1. The van der Waals surface area contributed by atoms with Crippen molar-refractivity contribution in [2.75, 3.05) is 13.7 Å². The second-order valence-electron chi connectivity index (χ2n) is 10.2. The van der Waals surface area contributed by atoms with Crippen LogP contribution in [0.4, 0.5) is 0 Å². The van der Waals surface area contributed by atoms with E-state index < -0.39 is 12.4 Å². The highest BCUT2D eigenvalue weighted by Gasteiger charge is 2.33. The molecule has 1 fully saturated rings. The first-order valence-corrected chi connectivity index (χ1v) is 13.2. The van der Waals surface area contributed by atoms with Gasteiger partial charge in [0.15, 0.2) is 0 Å². The minimum atomic E-state index is -0.955. The van der Waals surface area contributed by atoms with Crippen LogP contribution in [0.15, 0.2) is 36.4 Å². The predicted molar refractivity (Wildman–Crippen MR) is 139 cm³/mol. The largest absolute Gasteiger partial charge is 0.481 e. The number of nitrogens with zero attached hydrogens (tertiary/aromatic N) is 3. The number of methoxy groups -OCH3 is 1. The van der Waals surface area contributed by atoms with E-state index in [1.165, 1.54) is 12.7 Å². The molecule has 0 amide bonds. The zero-order chi connectivity index (χ0) is 25.4. The van der Waals surface area contributed by atoms with Crippen molar-refractivity contribution in [3.63, 3.8) is 0 Å². The molecule has 2 aromatic carbocycles. The van der Waals surface area contributed by atoms with Crippen LogP contribution in [0.3, 0.4) is 0 Å². The van der Waals surface area contributed by atoms with E-state index in [-0.39, 0.29) is 17.9 Å². The summed E-state index contributed by atoms with van der Waals surface area (Å²) in [6.07, 6.45) is 3.75. The zero-order valence-electron chi connectivity index (χ0n) is 20.9.